The average Bonchev–Trinajstić information content (AvgIpc) is 2.76. The third-order valence-electron chi connectivity index (χ3n) is 6.09. The van der Waals surface area contributed by atoms with Crippen LogP contribution in [-0.4, -0.2) is 32.5 Å². The molecule has 3 atom stereocenters. The highest BCUT2D eigenvalue weighted by atomic mass is 16.6. The molecule has 168 valence electrons. The van der Waals surface area contributed by atoms with Crippen molar-refractivity contribution in [2.75, 3.05) is 23.3 Å². The zero-order chi connectivity index (χ0) is 23.0. The summed E-state index contributed by atoms with van der Waals surface area (Å²) in [4.78, 5) is 34.7. The van der Waals surface area contributed by atoms with Gasteiger partial charge < -0.3 is 14.8 Å². The topological polar surface area (TPSA) is 106 Å². The van der Waals surface area contributed by atoms with Gasteiger partial charge in [-0.3, -0.25) is 14.9 Å². The lowest BCUT2D eigenvalue weighted by molar-refractivity contribution is -0.384. The van der Waals surface area contributed by atoms with Gasteiger partial charge in [-0.25, -0.2) is 9.97 Å². The van der Waals surface area contributed by atoms with Crippen molar-refractivity contribution in [1.29, 1.82) is 0 Å². The maximum Gasteiger partial charge on any atom is 0.270 e. The first-order valence-corrected chi connectivity index (χ1v) is 10.8. The van der Waals surface area contributed by atoms with E-state index in [1.807, 2.05) is 19.3 Å². The predicted octanol–water partition coefficient (Wildman–Crippen LogP) is 3.89. The number of hydrogen-bond donors (Lipinski definition) is 1. The molecule has 4 rings (SSSR count). The molecule has 0 amide bonds. The van der Waals surface area contributed by atoms with Crippen LogP contribution in [-0.2, 0) is 7.05 Å². The molecule has 3 heterocycles. The molecule has 1 N–H and O–H groups in total. The summed E-state index contributed by atoms with van der Waals surface area (Å²) in [6.07, 6.45) is 4.93. The Labute approximate surface area is 186 Å². The predicted molar refractivity (Wildman–Crippen MR) is 125 cm³/mol. The maximum absolute atomic E-state index is 12.4. The number of fused-ring (bicyclic) bond motifs is 1. The Morgan fingerprint density at radius 3 is 2.44 bits per heavy atom. The zero-order valence-corrected chi connectivity index (χ0v) is 18.8. The normalized spacial score (nSPS) is 19.7. The molecule has 1 fully saturated rings. The fraction of sp³-hybridized carbons (Fsp3) is 0.435. The van der Waals surface area contributed by atoms with Gasteiger partial charge in [0.2, 0.25) is 0 Å². The molecule has 0 bridgehead atoms. The Morgan fingerprint density at radius 2 is 1.81 bits per heavy atom. The molecule has 1 aromatic carbocycles. The molecule has 1 aliphatic heterocycles. The molecule has 1 saturated heterocycles. The quantitative estimate of drug-likeness (QED) is 0.478. The average molecular weight is 437 g/mol. The summed E-state index contributed by atoms with van der Waals surface area (Å²) in [5.74, 6) is 1.86. The molecular formula is C23H28N6O3. The molecule has 2 aromatic heterocycles. The van der Waals surface area contributed by atoms with E-state index in [1.54, 1.807) is 13.1 Å². The Hall–Kier alpha value is -3.49. The maximum atomic E-state index is 12.4. The monoisotopic (exact) mass is 436 g/mol. The Balaban J connectivity index is 1.60. The SMILES string of the molecule is CC(Nc1cc(=O)n(C)c2ccc([N+](=O)[O-])cc12)c1ncc(N2C[C@H](C)C[C@H](C)C2)cn1. The van der Waals surface area contributed by atoms with E-state index in [0.29, 0.717) is 34.3 Å². The largest absolute Gasteiger partial charge is 0.375 e. The first-order chi connectivity index (χ1) is 15.2. The van der Waals surface area contributed by atoms with E-state index in [1.165, 1.54) is 29.2 Å². The smallest absolute Gasteiger partial charge is 0.270 e. The lowest BCUT2D eigenvalue weighted by atomic mass is 9.92. The highest BCUT2D eigenvalue weighted by Crippen LogP contribution is 2.29. The molecule has 0 radical (unpaired) electrons. The minimum absolute atomic E-state index is 0.0301. The van der Waals surface area contributed by atoms with Gasteiger partial charge in [0.25, 0.3) is 11.2 Å². The van der Waals surface area contributed by atoms with Gasteiger partial charge in [0.05, 0.1) is 34.6 Å². The van der Waals surface area contributed by atoms with E-state index in [9.17, 15) is 14.9 Å². The second-order valence-electron chi connectivity index (χ2n) is 8.93. The number of aromatic nitrogens is 3. The highest BCUT2D eigenvalue weighted by molar-refractivity contribution is 5.93. The van der Waals surface area contributed by atoms with E-state index in [2.05, 4.69) is 34.0 Å². The minimum Gasteiger partial charge on any atom is -0.375 e. The summed E-state index contributed by atoms with van der Waals surface area (Å²) in [6, 6.07) is 5.63. The van der Waals surface area contributed by atoms with Crippen LogP contribution < -0.4 is 15.8 Å². The van der Waals surface area contributed by atoms with E-state index < -0.39 is 4.92 Å². The van der Waals surface area contributed by atoms with E-state index in [4.69, 9.17) is 0 Å². The molecule has 9 nitrogen and oxygen atoms in total. The molecule has 1 aliphatic rings. The molecule has 1 unspecified atom stereocenters. The van der Waals surface area contributed by atoms with Crippen molar-refractivity contribution in [3.05, 3.63) is 63.0 Å². The summed E-state index contributed by atoms with van der Waals surface area (Å²) in [5, 5.41) is 15.1. The lowest BCUT2D eigenvalue weighted by Crippen LogP contribution is -2.38. The number of pyridine rings is 1. The van der Waals surface area contributed by atoms with E-state index >= 15 is 0 Å². The van der Waals surface area contributed by atoms with Crippen LogP contribution in [0.25, 0.3) is 10.9 Å². The third-order valence-corrected chi connectivity index (χ3v) is 6.09. The second kappa shape index (κ2) is 8.57. The summed E-state index contributed by atoms with van der Waals surface area (Å²) in [6.45, 7) is 8.43. The van der Waals surface area contributed by atoms with Crippen molar-refractivity contribution in [3.63, 3.8) is 0 Å². The van der Waals surface area contributed by atoms with Crippen LogP contribution in [0.15, 0.2) is 41.5 Å². The first kappa shape index (κ1) is 21.7. The summed E-state index contributed by atoms with van der Waals surface area (Å²) in [7, 11) is 1.65. The Kier molecular flexibility index (Phi) is 5.82. The van der Waals surface area contributed by atoms with Crippen LogP contribution in [0.4, 0.5) is 17.1 Å². The van der Waals surface area contributed by atoms with E-state index in [-0.39, 0.29) is 17.3 Å². The molecule has 9 heteroatoms. The van der Waals surface area contributed by atoms with Gasteiger partial charge in [-0.15, -0.1) is 0 Å². The number of nitro benzene ring substituents is 1. The van der Waals surface area contributed by atoms with Gasteiger partial charge in [0, 0.05) is 49.4 Å². The molecular weight excluding hydrogens is 408 g/mol. The van der Waals surface area contributed by atoms with Gasteiger partial charge in [-0.05, 0) is 31.2 Å². The number of piperidine rings is 1. The van der Waals surface area contributed by atoms with Crippen LogP contribution >= 0.6 is 0 Å². The fourth-order valence-electron chi connectivity index (χ4n) is 4.57. The molecule has 3 aromatic rings. The van der Waals surface area contributed by atoms with Gasteiger partial charge in [0.1, 0.15) is 5.82 Å². The summed E-state index contributed by atoms with van der Waals surface area (Å²) in [5.41, 5.74) is 1.91. The van der Waals surface area contributed by atoms with E-state index in [0.717, 1.165) is 18.8 Å². The number of non-ortho nitro benzene ring substituents is 1. The lowest BCUT2D eigenvalue weighted by Gasteiger charge is -2.36. The van der Waals surface area contributed by atoms with Crippen LogP contribution in [0.1, 0.15) is 39.1 Å². The Bertz CT molecular complexity index is 1200. The standard InChI is InChI=1S/C23H28N6O3/c1-14-7-15(2)13-28(12-14)18-10-24-23(25-11-18)16(3)26-20-9-22(30)27(4)21-6-5-17(29(31)32)8-19(20)21/h5-6,8-11,14-16,26H,7,12-13H2,1-4H3/t14-,15+,16?. The molecule has 0 saturated carbocycles. The second-order valence-corrected chi connectivity index (χ2v) is 8.93. The van der Waals surface area contributed by atoms with Crippen molar-refractivity contribution >= 4 is 28.0 Å². The van der Waals surface area contributed by atoms with Crippen LogP contribution in [0.2, 0.25) is 0 Å². The first-order valence-electron chi connectivity index (χ1n) is 10.8. The van der Waals surface area contributed by atoms with Crippen molar-refractivity contribution in [2.45, 2.75) is 33.2 Å². The van der Waals surface area contributed by atoms with Crippen molar-refractivity contribution in [3.8, 4) is 0 Å². The van der Waals surface area contributed by atoms with Gasteiger partial charge in [-0.2, -0.15) is 0 Å². The minimum atomic E-state index is -0.443. The van der Waals surface area contributed by atoms with Gasteiger partial charge in [-0.1, -0.05) is 13.8 Å². The molecule has 0 spiro atoms. The fourth-order valence-corrected chi connectivity index (χ4v) is 4.57. The molecule has 0 aliphatic carbocycles. The van der Waals surface area contributed by atoms with Crippen molar-refractivity contribution < 1.29 is 4.92 Å². The van der Waals surface area contributed by atoms with Crippen LogP contribution in [0.3, 0.4) is 0 Å². The number of rotatable bonds is 5. The number of hydrogen-bond acceptors (Lipinski definition) is 7. The van der Waals surface area contributed by atoms with Crippen molar-refractivity contribution in [1.82, 2.24) is 14.5 Å². The number of nitrogens with one attached hydrogen (secondary N) is 1. The zero-order valence-electron chi connectivity index (χ0n) is 18.8. The Morgan fingerprint density at radius 1 is 1.16 bits per heavy atom. The number of benzene rings is 1. The summed E-state index contributed by atoms with van der Waals surface area (Å²) >= 11 is 0. The number of anilines is 2. The van der Waals surface area contributed by atoms with Crippen LogP contribution in [0, 0.1) is 22.0 Å². The van der Waals surface area contributed by atoms with Gasteiger partial charge in [0.15, 0.2) is 0 Å². The number of aryl methyl sites for hydroxylation is 1. The molecule has 32 heavy (non-hydrogen) atoms. The summed E-state index contributed by atoms with van der Waals surface area (Å²) < 4.78 is 1.47. The third kappa shape index (κ3) is 4.28. The number of nitrogens with zero attached hydrogens (tertiary/aromatic N) is 5. The van der Waals surface area contributed by atoms with Crippen molar-refractivity contribution in [2.24, 2.45) is 18.9 Å². The number of nitro groups is 1. The highest BCUT2D eigenvalue weighted by Gasteiger charge is 2.23. The van der Waals surface area contributed by atoms with Gasteiger partial charge >= 0.3 is 0 Å². The van der Waals surface area contributed by atoms with Crippen LogP contribution in [0.5, 0.6) is 0 Å².